The highest BCUT2D eigenvalue weighted by Gasteiger charge is 2.05. The van der Waals surface area contributed by atoms with Gasteiger partial charge < -0.3 is 10.2 Å². The van der Waals surface area contributed by atoms with Crippen molar-refractivity contribution < 1.29 is 5.21 Å². The number of thioether (sulfide) groups is 1. The van der Waals surface area contributed by atoms with Crippen LogP contribution in [0.3, 0.4) is 0 Å². The molecule has 2 N–H and O–H groups in total. The number of benzene rings is 1. The minimum Gasteiger partial charge on any atom is -0.411 e. The largest absolute Gasteiger partial charge is 0.411 e. The first-order valence-corrected chi connectivity index (χ1v) is 8.89. The molecule has 0 atom stereocenters. The summed E-state index contributed by atoms with van der Waals surface area (Å²) in [6.07, 6.45) is 12.0. The second-order valence-corrected chi connectivity index (χ2v) is 6.10. The molecule has 0 aliphatic heterocycles. The molecule has 118 valence electrons. The first-order chi connectivity index (χ1) is 10.8. The second kappa shape index (κ2) is 9.30. The third-order valence-corrected chi connectivity index (χ3v) is 4.42. The van der Waals surface area contributed by atoms with Crippen LogP contribution >= 0.6 is 11.8 Å². The maximum atomic E-state index is 9.20. The van der Waals surface area contributed by atoms with Gasteiger partial charge in [-0.3, -0.25) is 0 Å². The van der Waals surface area contributed by atoms with Gasteiger partial charge in [-0.25, -0.2) is 4.98 Å². The highest BCUT2D eigenvalue weighted by molar-refractivity contribution is 7.98. The normalized spacial score (nSPS) is 11.8. The maximum Gasteiger partial charge on any atom is 0.105 e. The number of oxime groups is 1. The van der Waals surface area contributed by atoms with E-state index in [1.807, 2.05) is 18.3 Å². The number of aromatic nitrogens is 2. The molecule has 1 aromatic heterocycles. The minimum absolute atomic E-state index is 0.777. The third kappa shape index (κ3) is 5.22. The second-order valence-electron chi connectivity index (χ2n) is 5.23. The third-order valence-electron chi connectivity index (χ3n) is 3.68. The van der Waals surface area contributed by atoms with Gasteiger partial charge in [-0.05, 0) is 43.2 Å². The Morgan fingerprint density at radius 2 is 1.95 bits per heavy atom. The van der Waals surface area contributed by atoms with Crippen molar-refractivity contribution in [3.63, 3.8) is 0 Å². The predicted octanol–water partition coefficient (Wildman–Crippen LogP) is 4.50. The van der Waals surface area contributed by atoms with Crippen LogP contribution in [-0.2, 0) is 6.42 Å². The smallest absolute Gasteiger partial charge is 0.105 e. The van der Waals surface area contributed by atoms with E-state index < -0.39 is 0 Å². The molecule has 0 bridgehead atoms. The Morgan fingerprint density at radius 3 is 2.59 bits per heavy atom. The molecule has 0 aliphatic carbocycles. The summed E-state index contributed by atoms with van der Waals surface area (Å²) in [7, 11) is 0. The SMILES string of the molecule is CSc1ccc(C(CCCCCCc2ncc[nH]2)=NO)cc1. The van der Waals surface area contributed by atoms with Gasteiger partial charge in [-0.1, -0.05) is 30.1 Å². The molecule has 2 rings (SSSR count). The van der Waals surface area contributed by atoms with Crippen LogP contribution in [0.1, 0.15) is 43.5 Å². The molecule has 0 amide bonds. The van der Waals surface area contributed by atoms with Gasteiger partial charge in [0.1, 0.15) is 5.82 Å². The number of hydrogen-bond donors (Lipinski definition) is 2. The van der Waals surface area contributed by atoms with Crippen LogP contribution < -0.4 is 0 Å². The molecule has 0 radical (unpaired) electrons. The molecule has 0 spiro atoms. The molecule has 22 heavy (non-hydrogen) atoms. The van der Waals surface area contributed by atoms with Crippen molar-refractivity contribution in [2.24, 2.45) is 5.16 Å². The van der Waals surface area contributed by atoms with Crippen LogP contribution in [0.5, 0.6) is 0 Å². The lowest BCUT2D eigenvalue weighted by atomic mass is 10.0. The molecule has 0 unspecified atom stereocenters. The Balaban J connectivity index is 1.67. The summed E-state index contributed by atoms with van der Waals surface area (Å²) >= 11 is 1.71. The van der Waals surface area contributed by atoms with Crippen molar-refractivity contribution in [3.05, 3.63) is 48.0 Å². The number of hydrogen-bond acceptors (Lipinski definition) is 4. The molecule has 2 aromatic rings. The van der Waals surface area contributed by atoms with Crippen LogP contribution in [0.4, 0.5) is 0 Å². The molecular weight excluding hydrogens is 294 g/mol. The molecular formula is C17H23N3OS. The lowest BCUT2D eigenvalue weighted by molar-refractivity contribution is 0.317. The summed E-state index contributed by atoms with van der Waals surface area (Å²) in [4.78, 5) is 8.56. The summed E-state index contributed by atoms with van der Waals surface area (Å²) in [5.74, 6) is 1.06. The predicted molar refractivity (Wildman–Crippen MR) is 91.9 cm³/mol. The zero-order valence-corrected chi connectivity index (χ0v) is 13.8. The van der Waals surface area contributed by atoms with Crippen molar-refractivity contribution in [3.8, 4) is 0 Å². The van der Waals surface area contributed by atoms with Gasteiger partial charge in [0.05, 0.1) is 5.71 Å². The fraction of sp³-hybridized carbons (Fsp3) is 0.412. The molecule has 1 heterocycles. The van der Waals surface area contributed by atoms with Crippen LogP contribution in [0, 0.1) is 0 Å². The Labute approximate surface area is 136 Å². The van der Waals surface area contributed by atoms with Crippen LogP contribution in [-0.4, -0.2) is 27.1 Å². The number of aromatic amines is 1. The number of imidazole rings is 1. The Morgan fingerprint density at radius 1 is 1.18 bits per heavy atom. The van der Waals surface area contributed by atoms with E-state index in [2.05, 4.69) is 33.5 Å². The van der Waals surface area contributed by atoms with Gasteiger partial charge in [-0.15, -0.1) is 11.8 Å². The lowest BCUT2D eigenvalue weighted by Crippen LogP contribution is -2.01. The summed E-state index contributed by atoms with van der Waals surface area (Å²) in [5.41, 5.74) is 1.79. The monoisotopic (exact) mass is 317 g/mol. The zero-order chi connectivity index (χ0) is 15.6. The van der Waals surface area contributed by atoms with Crippen molar-refractivity contribution >= 4 is 17.5 Å². The van der Waals surface area contributed by atoms with Crippen molar-refractivity contribution in [1.29, 1.82) is 0 Å². The molecule has 0 fully saturated rings. The van der Waals surface area contributed by atoms with Crippen molar-refractivity contribution in [2.45, 2.75) is 43.4 Å². The number of nitrogens with zero attached hydrogens (tertiary/aromatic N) is 2. The topological polar surface area (TPSA) is 61.3 Å². The number of aryl methyl sites for hydroxylation is 1. The van der Waals surface area contributed by atoms with E-state index in [0.29, 0.717) is 0 Å². The number of rotatable bonds is 9. The molecule has 1 aromatic carbocycles. The fourth-order valence-electron chi connectivity index (χ4n) is 2.41. The van der Waals surface area contributed by atoms with Crippen molar-refractivity contribution in [2.75, 3.05) is 6.26 Å². The van der Waals surface area contributed by atoms with Gasteiger partial charge in [-0.2, -0.15) is 0 Å². The first kappa shape index (κ1) is 16.6. The van der Waals surface area contributed by atoms with Crippen molar-refractivity contribution in [1.82, 2.24) is 9.97 Å². The van der Waals surface area contributed by atoms with E-state index in [1.54, 1.807) is 18.0 Å². The van der Waals surface area contributed by atoms with Gasteiger partial charge in [0, 0.05) is 23.7 Å². The van der Waals surface area contributed by atoms with E-state index in [0.717, 1.165) is 49.2 Å². The zero-order valence-electron chi connectivity index (χ0n) is 13.0. The highest BCUT2D eigenvalue weighted by Crippen LogP contribution is 2.17. The molecule has 0 saturated heterocycles. The Kier molecular flexibility index (Phi) is 7.03. The van der Waals surface area contributed by atoms with Crippen LogP contribution in [0.2, 0.25) is 0 Å². The average molecular weight is 317 g/mol. The fourth-order valence-corrected chi connectivity index (χ4v) is 2.82. The molecule has 5 heteroatoms. The van der Waals surface area contributed by atoms with Gasteiger partial charge in [0.15, 0.2) is 0 Å². The van der Waals surface area contributed by atoms with Gasteiger partial charge in [0.25, 0.3) is 0 Å². The quantitative estimate of drug-likeness (QED) is 0.235. The standard InChI is InChI=1S/C17H23N3OS/c1-22-15-10-8-14(9-11-15)16(20-21)6-4-2-3-5-7-17-18-12-13-19-17/h8-13,21H,2-7H2,1H3,(H,18,19). The molecule has 0 saturated carbocycles. The van der Waals surface area contributed by atoms with Crippen LogP contribution in [0.15, 0.2) is 46.7 Å². The van der Waals surface area contributed by atoms with Gasteiger partial charge in [0.2, 0.25) is 0 Å². The average Bonchev–Trinajstić information content (AvgIpc) is 3.08. The Bertz CT molecular complexity index is 564. The van der Waals surface area contributed by atoms with Crippen LogP contribution in [0.25, 0.3) is 0 Å². The Hall–Kier alpha value is -1.75. The summed E-state index contributed by atoms with van der Waals surface area (Å²) in [6, 6.07) is 8.18. The number of unbranched alkanes of at least 4 members (excludes halogenated alkanes) is 3. The maximum absolute atomic E-state index is 9.20. The molecule has 0 aliphatic rings. The summed E-state index contributed by atoms with van der Waals surface area (Å²) in [5, 5.41) is 12.7. The van der Waals surface area contributed by atoms with E-state index in [9.17, 15) is 5.21 Å². The number of H-pyrrole nitrogens is 1. The first-order valence-electron chi connectivity index (χ1n) is 7.67. The highest BCUT2D eigenvalue weighted by atomic mass is 32.2. The minimum atomic E-state index is 0.777. The summed E-state index contributed by atoms with van der Waals surface area (Å²) < 4.78 is 0. The molecule has 4 nitrogen and oxygen atoms in total. The number of nitrogens with one attached hydrogen (secondary N) is 1. The van der Waals surface area contributed by atoms with Gasteiger partial charge >= 0.3 is 0 Å². The van der Waals surface area contributed by atoms with E-state index in [4.69, 9.17) is 0 Å². The van der Waals surface area contributed by atoms with E-state index in [1.165, 1.54) is 11.3 Å². The van der Waals surface area contributed by atoms with E-state index in [-0.39, 0.29) is 0 Å². The lowest BCUT2D eigenvalue weighted by Gasteiger charge is -2.06. The summed E-state index contributed by atoms with van der Waals surface area (Å²) in [6.45, 7) is 0. The van der Waals surface area contributed by atoms with E-state index >= 15 is 0 Å².